The number of aromatic nitrogens is 1. The van der Waals surface area contributed by atoms with E-state index in [1.807, 2.05) is 35.7 Å². The quantitative estimate of drug-likeness (QED) is 0.654. The van der Waals surface area contributed by atoms with E-state index in [1.54, 1.807) is 11.3 Å². The van der Waals surface area contributed by atoms with E-state index in [2.05, 4.69) is 39.5 Å². The molecule has 2 aromatic carbocycles. The lowest BCUT2D eigenvalue weighted by molar-refractivity contribution is -0.121. The molecule has 0 bridgehead atoms. The molecule has 1 aliphatic rings. The molecule has 0 aliphatic carbocycles. The number of carbonyl (C=O) groups excluding carboxylic acids is 1. The van der Waals surface area contributed by atoms with Crippen LogP contribution in [0.15, 0.2) is 60.0 Å². The Hall–Kier alpha value is -2.21. The summed E-state index contributed by atoms with van der Waals surface area (Å²) in [6.07, 6.45) is 1.31. The summed E-state index contributed by atoms with van der Waals surface area (Å²) in [5, 5.41) is 6.74. The molecule has 28 heavy (non-hydrogen) atoms. The maximum absolute atomic E-state index is 12.4. The zero-order chi connectivity index (χ0) is 19.3. The summed E-state index contributed by atoms with van der Waals surface area (Å²) in [6.45, 7) is 2.84. The molecule has 1 amide bonds. The molecule has 0 saturated carbocycles. The number of thiazole rings is 1. The van der Waals surface area contributed by atoms with Crippen molar-refractivity contribution < 1.29 is 4.79 Å². The van der Waals surface area contributed by atoms with E-state index in [9.17, 15) is 4.79 Å². The predicted molar refractivity (Wildman–Crippen MR) is 115 cm³/mol. The van der Waals surface area contributed by atoms with Gasteiger partial charge in [-0.15, -0.1) is 11.3 Å². The highest BCUT2D eigenvalue weighted by molar-refractivity contribution is 7.13. The fourth-order valence-corrected chi connectivity index (χ4v) is 4.44. The molecule has 0 radical (unpaired) electrons. The second-order valence-electron chi connectivity index (χ2n) is 7.10. The van der Waals surface area contributed by atoms with Gasteiger partial charge in [-0.1, -0.05) is 54.1 Å². The highest BCUT2D eigenvalue weighted by atomic mass is 35.5. The van der Waals surface area contributed by atoms with Gasteiger partial charge in [0.2, 0.25) is 5.91 Å². The molecule has 1 saturated heterocycles. The SMILES string of the molecule is O=C(Cc1csc(-c2ccc(Cl)cc2)n1)N[C@@H]1CCN(Cc2ccccc2)C1. The van der Waals surface area contributed by atoms with Crippen molar-refractivity contribution in [1.29, 1.82) is 0 Å². The smallest absolute Gasteiger partial charge is 0.226 e. The normalized spacial score (nSPS) is 17.0. The van der Waals surface area contributed by atoms with Crippen molar-refractivity contribution in [3.8, 4) is 10.6 Å². The first-order valence-corrected chi connectivity index (χ1v) is 10.7. The van der Waals surface area contributed by atoms with Gasteiger partial charge >= 0.3 is 0 Å². The number of nitrogens with zero attached hydrogens (tertiary/aromatic N) is 2. The zero-order valence-electron chi connectivity index (χ0n) is 15.5. The first-order chi connectivity index (χ1) is 13.7. The van der Waals surface area contributed by atoms with Crippen molar-refractivity contribution >= 4 is 28.8 Å². The number of carbonyl (C=O) groups is 1. The Morgan fingerprint density at radius 3 is 2.75 bits per heavy atom. The van der Waals surface area contributed by atoms with Crippen LogP contribution in [0.4, 0.5) is 0 Å². The summed E-state index contributed by atoms with van der Waals surface area (Å²) in [5.74, 6) is 0.0412. The maximum atomic E-state index is 12.4. The Labute approximate surface area is 174 Å². The predicted octanol–water partition coefficient (Wildman–Crippen LogP) is 4.40. The molecular weight excluding hydrogens is 390 g/mol. The average molecular weight is 412 g/mol. The molecule has 4 nitrogen and oxygen atoms in total. The van der Waals surface area contributed by atoms with Crippen LogP contribution in [-0.2, 0) is 17.8 Å². The monoisotopic (exact) mass is 411 g/mol. The van der Waals surface area contributed by atoms with Crippen LogP contribution in [0.2, 0.25) is 5.02 Å². The summed E-state index contributed by atoms with van der Waals surface area (Å²) in [4.78, 5) is 19.4. The third-order valence-corrected chi connectivity index (χ3v) is 6.06. The third kappa shape index (κ3) is 4.98. The third-order valence-electron chi connectivity index (χ3n) is 4.87. The Kier molecular flexibility index (Phi) is 6.05. The van der Waals surface area contributed by atoms with Crippen LogP contribution >= 0.6 is 22.9 Å². The van der Waals surface area contributed by atoms with Crippen molar-refractivity contribution in [2.24, 2.45) is 0 Å². The number of hydrogen-bond donors (Lipinski definition) is 1. The number of amides is 1. The van der Waals surface area contributed by atoms with Crippen LogP contribution in [0.1, 0.15) is 17.7 Å². The lowest BCUT2D eigenvalue weighted by atomic mass is 10.2. The number of benzene rings is 2. The molecule has 2 heterocycles. The summed E-state index contributed by atoms with van der Waals surface area (Å²) in [6, 6.07) is 18.3. The van der Waals surface area contributed by atoms with Crippen molar-refractivity contribution in [3.63, 3.8) is 0 Å². The molecule has 0 spiro atoms. The van der Waals surface area contributed by atoms with E-state index in [0.29, 0.717) is 11.4 Å². The van der Waals surface area contributed by atoms with Gasteiger partial charge in [-0.3, -0.25) is 9.69 Å². The van der Waals surface area contributed by atoms with Gasteiger partial charge < -0.3 is 5.32 Å². The first kappa shape index (κ1) is 19.1. The molecule has 1 aliphatic heterocycles. The van der Waals surface area contributed by atoms with Gasteiger partial charge in [-0.05, 0) is 24.1 Å². The van der Waals surface area contributed by atoms with Crippen LogP contribution in [0.3, 0.4) is 0 Å². The summed E-state index contributed by atoms with van der Waals surface area (Å²) in [7, 11) is 0. The topological polar surface area (TPSA) is 45.2 Å². The number of hydrogen-bond acceptors (Lipinski definition) is 4. The Balaban J connectivity index is 1.27. The molecule has 3 aromatic rings. The van der Waals surface area contributed by atoms with E-state index >= 15 is 0 Å². The standard InChI is InChI=1S/C22H22ClN3OS/c23-18-8-6-17(7-9-18)22-25-20(15-28-22)12-21(27)24-19-10-11-26(14-19)13-16-4-2-1-3-5-16/h1-9,15,19H,10-14H2,(H,24,27)/t19-/m1/s1. The summed E-state index contributed by atoms with van der Waals surface area (Å²) < 4.78 is 0. The minimum atomic E-state index is 0.0412. The van der Waals surface area contributed by atoms with Gasteiger partial charge in [0.15, 0.2) is 0 Å². The lowest BCUT2D eigenvalue weighted by Crippen LogP contribution is -2.37. The van der Waals surface area contributed by atoms with E-state index in [-0.39, 0.29) is 11.9 Å². The molecule has 1 N–H and O–H groups in total. The second-order valence-corrected chi connectivity index (χ2v) is 8.40. The lowest BCUT2D eigenvalue weighted by Gasteiger charge is -2.16. The number of rotatable bonds is 6. The minimum Gasteiger partial charge on any atom is -0.352 e. The second kappa shape index (κ2) is 8.86. The zero-order valence-corrected chi connectivity index (χ0v) is 17.0. The molecule has 0 unspecified atom stereocenters. The Bertz CT molecular complexity index is 926. The van der Waals surface area contributed by atoms with Gasteiger partial charge in [-0.25, -0.2) is 4.98 Å². The largest absolute Gasteiger partial charge is 0.352 e. The highest BCUT2D eigenvalue weighted by Crippen LogP contribution is 2.25. The van der Waals surface area contributed by atoms with E-state index in [1.165, 1.54) is 5.56 Å². The van der Waals surface area contributed by atoms with E-state index < -0.39 is 0 Å². The molecule has 1 atom stereocenters. The van der Waals surface area contributed by atoms with Gasteiger partial charge in [0, 0.05) is 41.6 Å². The fourth-order valence-electron chi connectivity index (χ4n) is 3.49. The van der Waals surface area contributed by atoms with E-state index in [4.69, 9.17) is 11.6 Å². The van der Waals surface area contributed by atoms with Crippen molar-refractivity contribution in [1.82, 2.24) is 15.2 Å². The summed E-state index contributed by atoms with van der Waals surface area (Å²) >= 11 is 7.49. The van der Waals surface area contributed by atoms with Gasteiger partial charge in [-0.2, -0.15) is 0 Å². The van der Waals surface area contributed by atoms with Crippen LogP contribution in [0.25, 0.3) is 10.6 Å². The molecule has 6 heteroatoms. The van der Waals surface area contributed by atoms with Crippen LogP contribution in [0.5, 0.6) is 0 Å². The molecule has 1 fully saturated rings. The van der Waals surface area contributed by atoms with Gasteiger partial charge in [0.25, 0.3) is 0 Å². The van der Waals surface area contributed by atoms with Gasteiger partial charge in [0.1, 0.15) is 5.01 Å². The average Bonchev–Trinajstić information content (AvgIpc) is 3.33. The summed E-state index contributed by atoms with van der Waals surface area (Å²) in [5.41, 5.74) is 3.15. The molecule has 1 aromatic heterocycles. The first-order valence-electron chi connectivity index (χ1n) is 9.42. The number of likely N-dealkylation sites (tertiary alicyclic amines) is 1. The van der Waals surface area contributed by atoms with Crippen molar-refractivity contribution in [3.05, 3.63) is 76.3 Å². The molecule has 4 rings (SSSR count). The van der Waals surface area contributed by atoms with Crippen molar-refractivity contribution in [2.45, 2.75) is 25.4 Å². The van der Waals surface area contributed by atoms with E-state index in [0.717, 1.165) is 42.3 Å². The van der Waals surface area contributed by atoms with Crippen molar-refractivity contribution in [2.75, 3.05) is 13.1 Å². The Morgan fingerprint density at radius 2 is 1.96 bits per heavy atom. The Morgan fingerprint density at radius 1 is 1.18 bits per heavy atom. The highest BCUT2D eigenvalue weighted by Gasteiger charge is 2.24. The number of halogens is 1. The molecule has 144 valence electrons. The minimum absolute atomic E-state index is 0.0412. The fraction of sp³-hybridized carbons (Fsp3) is 0.273. The van der Waals surface area contributed by atoms with Crippen LogP contribution < -0.4 is 5.32 Å². The van der Waals surface area contributed by atoms with Gasteiger partial charge in [0.05, 0.1) is 12.1 Å². The van der Waals surface area contributed by atoms with Crippen LogP contribution in [0, 0.1) is 0 Å². The van der Waals surface area contributed by atoms with Crippen LogP contribution in [-0.4, -0.2) is 34.9 Å². The molecular formula is C22H22ClN3OS. The maximum Gasteiger partial charge on any atom is 0.226 e. The number of nitrogens with one attached hydrogen (secondary N) is 1.